The summed E-state index contributed by atoms with van der Waals surface area (Å²) in [6, 6.07) is 16.3. The molecule has 1 aliphatic heterocycles. The monoisotopic (exact) mass is 410 g/mol. The van der Waals surface area contributed by atoms with Gasteiger partial charge >= 0.3 is 0 Å². The minimum Gasteiger partial charge on any atom is -0.497 e. The highest BCUT2D eigenvalue weighted by atomic mass is 32.1. The number of hydrogen-bond acceptors (Lipinski definition) is 7. The van der Waals surface area contributed by atoms with Crippen molar-refractivity contribution >= 4 is 22.4 Å². The highest BCUT2D eigenvalue weighted by Crippen LogP contribution is 2.30. The number of benzene rings is 2. The van der Waals surface area contributed by atoms with Gasteiger partial charge in [0.2, 0.25) is 5.13 Å². The molecule has 1 aromatic heterocycles. The standard InChI is InChI=1S/C22H26N4O2S/c1-3-28-20-10-5-4-9-19(20)25-11-13-26(14-12-25)22-23-21(24-29-22)16-17-7-6-8-18(15-17)27-2/h4-10,15H,3,11-14,16H2,1-2H3. The molecule has 3 aromatic rings. The highest BCUT2D eigenvalue weighted by Gasteiger charge is 2.22. The van der Waals surface area contributed by atoms with Gasteiger partial charge in [0.15, 0.2) is 0 Å². The third-order valence-corrected chi connectivity index (χ3v) is 5.82. The molecule has 1 fully saturated rings. The lowest BCUT2D eigenvalue weighted by Crippen LogP contribution is -2.46. The van der Waals surface area contributed by atoms with Gasteiger partial charge in [-0.3, -0.25) is 0 Å². The van der Waals surface area contributed by atoms with Gasteiger partial charge in [-0.2, -0.15) is 4.37 Å². The fourth-order valence-electron chi connectivity index (χ4n) is 3.54. The van der Waals surface area contributed by atoms with Crippen LogP contribution in [0.15, 0.2) is 48.5 Å². The van der Waals surface area contributed by atoms with Crippen molar-refractivity contribution in [3.05, 3.63) is 59.9 Å². The molecule has 0 aliphatic carbocycles. The van der Waals surface area contributed by atoms with E-state index < -0.39 is 0 Å². The van der Waals surface area contributed by atoms with Crippen LogP contribution < -0.4 is 19.3 Å². The molecule has 0 amide bonds. The van der Waals surface area contributed by atoms with Gasteiger partial charge in [-0.15, -0.1) is 0 Å². The maximum Gasteiger partial charge on any atom is 0.205 e. The van der Waals surface area contributed by atoms with E-state index in [9.17, 15) is 0 Å². The zero-order valence-corrected chi connectivity index (χ0v) is 17.7. The molecule has 6 nitrogen and oxygen atoms in total. The molecule has 0 N–H and O–H groups in total. The fraction of sp³-hybridized carbons (Fsp3) is 0.364. The van der Waals surface area contributed by atoms with Gasteiger partial charge in [0.1, 0.15) is 17.3 Å². The van der Waals surface area contributed by atoms with E-state index in [1.807, 2.05) is 37.3 Å². The second-order valence-electron chi connectivity index (χ2n) is 6.90. The van der Waals surface area contributed by atoms with Gasteiger partial charge in [-0.1, -0.05) is 24.3 Å². The van der Waals surface area contributed by atoms with Crippen molar-refractivity contribution in [3.8, 4) is 11.5 Å². The Morgan fingerprint density at radius 3 is 2.59 bits per heavy atom. The van der Waals surface area contributed by atoms with Crippen LogP contribution in [-0.2, 0) is 6.42 Å². The summed E-state index contributed by atoms with van der Waals surface area (Å²) in [5.74, 6) is 2.68. The summed E-state index contributed by atoms with van der Waals surface area (Å²) in [6.45, 7) is 6.43. The smallest absolute Gasteiger partial charge is 0.205 e. The fourth-order valence-corrected chi connectivity index (χ4v) is 4.28. The largest absolute Gasteiger partial charge is 0.497 e. The zero-order chi connectivity index (χ0) is 20.1. The predicted octanol–water partition coefficient (Wildman–Crippen LogP) is 3.86. The van der Waals surface area contributed by atoms with Crippen LogP contribution >= 0.6 is 11.5 Å². The van der Waals surface area contributed by atoms with Crippen molar-refractivity contribution in [2.45, 2.75) is 13.3 Å². The van der Waals surface area contributed by atoms with Crippen LogP contribution in [0.4, 0.5) is 10.8 Å². The quantitative estimate of drug-likeness (QED) is 0.590. The maximum absolute atomic E-state index is 5.79. The Hall–Kier alpha value is -2.80. The summed E-state index contributed by atoms with van der Waals surface area (Å²) < 4.78 is 15.7. The van der Waals surface area contributed by atoms with Crippen molar-refractivity contribution in [1.29, 1.82) is 0 Å². The van der Waals surface area contributed by atoms with Crippen molar-refractivity contribution in [2.24, 2.45) is 0 Å². The molecule has 1 saturated heterocycles. The van der Waals surface area contributed by atoms with Gasteiger partial charge in [-0.05, 0) is 36.8 Å². The van der Waals surface area contributed by atoms with Gasteiger partial charge in [0.25, 0.3) is 0 Å². The number of rotatable bonds is 7. The number of para-hydroxylation sites is 2. The third-order valence-electron chi connectivity index (χ3n) is 5.01. The van der Waals surface area contributed by atoms with Gasteiger partial charge in [-0.25, -0.2) is 4.98 Å². The number of anilines is 2. The summed E-state index contributed by atoms with van der Waals surface area (Å²) in [7, 11) is 1.69. The average molecular weight is 411 g/mol. The van der Waals surface area contributed by atoms with Crippen LogP contribution in [0.3, 0.4) is 0 Å². The third kappa shape index (κ3) is 4.62. The number of hydrogen-bond donors (Lipinski definition) is 0. The molecule has 7 heteroatoms. The SMILES string of the molecule is CCOc1ccccc1N1CCN(c2nc(Cc3cccc(OC)c3)ns2)CC1. The lowest BCUT2D eigenvalue weighted by molar-refractivity contribution is 0.340. The van der Waals surface area contributed by atoms with E-state index in [4.69, 9.17) is 14.5 Å². The first-order chi connectivity index (χ1) is 14.3. The van der Waals surface area contributed by atoms with E-state index in [2.05, 4.69) is 32.4 Å². The predicted molar refractivity (Wildman–Crippen MR) is 118 cm³/mol. The molecule has 4 rings (SSSR count). The number of nitrogens with zero attached hydrogens (tertiary/aromatic N) is 4. The summed E-state index contributed by atoms with van der Waals surface area (Å²) in [6.07, 6.45) is 0.718. The van der Waals surface area contributed by atoms with Crippen molar-refractivity contribution in [1.82, 2.24) is 9.36 Å². The lowest BCUT2D eigenvalue weighted by atomic mass is 10.1. The van der Waals surface area contributed by atoms with E-state index in [1.165, 1.54) is 17.2 Å². The highest BCUT2D eigenvalue weighted by molar-refractivity contribution is 7.09. The summed E-state index contributed by atoms with van der Waals surface area (Å²) in [5.41, 5.74) is 2.33. The lowest BCUT2D eigenvalue weighted by Gasteiger charge is -2.36. The molecule has 0 saturated carbocycles. The van der Waals surface area contributed by atoms with Crippen LogP contribution in [0.2, 0.25) is 0 Å². The number of piperazine rings is 1. The van der Waals surface area contributed by atoms with Crippen LogP contribution in [0.5, 0.6) is 11.5 Å². The molecule has 0 radical (unpaired) electrons. The molecular formula is C22H26N4O2S. The zero-order valence-electron chi connectivity index (χ0n) is 16.9. The Kier molecular flexibility index (Phi) is 6.14. The van der Waals surface area contributed by atoms with E-state index in [0.29, 0.717) is 6.61 Å². The van der Waals surface area contributed by atoms with Gasteiger partial charge in [0, 0.05) is 44.1 Å². The normalized spacial score (nSPS) is 14.1. The average Bonchev–Trinajstić information content (AvgIpc) is 3.23. The molecule has 152 valence electrons. The second kappa shape index (κ2) is 9.13. The second-order valence-corrected chi connectivity index (χ2v) is 7.63. The first-order valence-corrected chi connectivity index (χ1v) is 10.7. The topological polar surface area (TPSA) is 50.7 Å². The molecule has 0 atom stereocenters. The Labute approximate surface area is 175 Å². The van der Waals surface area contributed by atoms with Gasteiger partial charge < -0.3 is 19.3 Å². The molecule has 0 spiro atoms. The molecular weight excluding hydrogens is 384 g/mol. The van der Waals surface area contributed by atoms with E-state index in [-0.39, 0.29) is 0 Å². The van der Waals surface area contributed by atoms with Crippen molar-refractivity contribution in [2.75, 3.05) is 49.7 Å². The Morgan fingerprint density at radius 2 is 1.79 bits per heavy atom. The van der Waals surface area contributed by atoms with Crippen molar-refractivity contribution in [3.63, 3.8) is 0 Å². The summed E-state index contributed by atoms with van der Waals surface area (Å²) in [5, 5.41) is 1.00. The minimum atomic E-state index is 0.678. The van der Waals surface area contributed by atoms with E-state index in [1.54, 1.807) is 7.11 Å². The first-order valence-electron chi connectivity index (χ1n) is 9.94. The molecule has 2 aromatic carbocycles. The summed E-state index contributed by atoms with van der Waals surface area (Å²) >= 11 is 1.48. The molecule has 0 unspecified atom stereocenters. The Morgan fingerprint density at radius 1 is 1.00 bits per heavy atom. The van der Waals surface area contributed by atoms with Crippen LogP contribution in [0, 0.1) is 0 Å². The molecule has 29 heavy (non-hydrogen) atoms. The first kappa shape index (κ1) is 19.5. The van der Waals surface area contributed by atoms with Gasteiger partial charge in [0.05, 0.1) is 19.4 Å². The van der Waals surface area contributed by atoms with Crippen LogP contribution in [0.1, 0.15) is 18.3 Å². The molecule has 1 aliphatic rings. The van der Waals surface area contributed by atoms with Crippen LogP contribution in [0.25, 0.3) is 0 Å². The van der Waals surface area contributed by atoms with Crippen LogP contribution in [-0.4, -0.2) is 49.3 Å². The Balaban J connectivity index is 1.38. The molecule has 0 bridgehead atoms. The maximum atomic E-state index is 5.79. The number of ether oxygens (including phenoxy) is 2. The Bertz CT molecular complexity index is 938. The number of aromatic nitrogens is 2. The molecule has 2 heterocycles. The van der Waals surface area contributed by atoms with Crippen molar-refractivity contribution < 1.29 is 9.47 Å². The van der Waals surface area contributed by atoms with E-state index in [0.717, 1.165) is 60.6 Å². The summed E-state index contributed by atoms with van der Waals surface area (Å²) in [4.78, 5) is 9.49. The number of methoxy groups -OCH3 is 1. The minimum absolute atomic E-state index is 0.678. The van der Waals surface area contributed by atoms with E-state index >= 15 is 0 Å².